The summed E-state index contributed by atoms with van der Waals surface area (Å²) >= 11 is 0. The molecule has 1 amide bonds. The number of morpholine rings is 1. The molecule has 4 nitrogen and oxygen atoms in total. The molecule has 1 fully saturated rings. The fourth-order valence-corrected chi connectivity index (χ4v) is 2.63. The molecule has 122 valence electrons. The Labute approximate surface area is 133 Å². The summed E-state index contributed by atoms with van der Waals surface area (Å²) < 4.78 is 5.61. The predicted octanol–water partition coefficient (Wildman–Crippen LogP) is 2.14. The maximum Gasteiger partial charge on any atom is 0.222 e. The molecule has 1 aromatic carbocycles. The molecule has 1 aliphatic rings. The fraction of sp³-hybridized carbons (Fsp3) is 0.611. The van der Waals surface area contributed by atoms with Gasteiger partial charge in [-0.1, -0.05) is 51.1 Å². The molecule has 1 heterocycles. The lowest BCUT2D eigenvalue weighted by molar-refractivity contribution is -0.125. The third kappa shape index (κ3) is 5.43. The SMILES string of the molecule is CC(C)(C)[C@@H](Cc1ccccc1)NC(=O)C[C@@H]1CNCCO1. The highest BCUT2D eigenvalue weighted by Crippen LogP contribution is 2.23. The van der Waals surface area contributed by atoms with Gasteiger partial charge in [0.05, 0.1) is 19.1 Å². The Balaban J connectivity index is 1.93. The zero-order chi connectivity index (χ0) is 16.0. The third-order valence-corrected chi connectivity index (χ3v) is 4.08. The van der Waals surface area contributed by atoms with Gasteiger partial charge in [0, 0.05) is 19.1 Å². The zero-order valence-corrected chi connectivity index (χ0v) is 13.9. The van der Waals surface area contributed by atoms with E-state index in [0.29, 0.717) is 13.0 Å². The molecule has 0 saturated carbocycles. The van der Waals surface area contributed by atoms with Crippen molar-refractivity contribution in [3.05, 3.63) is 35.9 Å². The Morgan fingerprint density at radius 3 is 2.68 bits per heavy atom. The molecule has 2 rings (SSSR count). The molecule has 1 aliphatic heterocycles. The van der Waals surface area contributed by atoms with Gasteiger partial charge in [-0.05, 0) is 17.4 Å². The van der Waals surface area contributed by atoms with E-state index in [2.05, 4.69) is 43.5 Å². The van der Waals surface area contributed by atoms with Crippen LogP contribution >= 0.6 is 0 Å². The first kappa shape index (κ1) is 17.0. The molecule has 2 atom stereocenters. The molecule has 0 bridgehead atoms. The minimum absolute atomic E-state index is 0.00825. The standard InChI is InChI=1S/C18H28N2O2/c1-18(2,3)16(11-14-7-5-4-6-8-14)20-17(21)12-15-13-19-9-10-22-15/h4-8,15-16,19H,9-13H2,1-3H3,(H,20,21)/t15-,16-/m1/s1. The number of carbonyl (C=O) groups excluding carboxylic acids is 1. The highest BCUT2D eigenvalue weighted by Gasteiger charge is 2.27. The van der Waals surface area contributed by atoms with Crippen molar-refractivity contribution in [3.63, 3.8) is 0 Å². The predicted molar refractivity (Wildman–Crippen MR) is 88.8 cm³/mol. The lowest BCUT2D eigenvalue weighted by Crippen LogP contribution is -2.48. The summed E-state index contributed by atoms with van der Waals surface area (Å²) in [5, 5.41) is 6.46. The normalized spacial score (nSPS) is 20.4. The van der Waals surface area contributed by atoms with E-state index in [9.17, 15) is 4.79 Å². The van der Waals surface area contributed by atoms with E-state index in [4.69, 9.17) is 4.74 Å². The van der Waals surface area contributed by atoms with Crippen LogP contribution in [0.25, 0.3) is 0 Å². The van der Waals surface area contributed by atoms with E-state index in [-0.39, 0.29) is 23.5 Å². The Morgan fingerprint density at radius 2 is 2.09 bits per heavy atom. The quantitative estimate of drug-likeness (QED) is 0.876. The highest BCUT2D eigenvalue weighted by atomic mass is 16.5. The summed E-state index contributed by atoms with van der Waals surface area (Å²) in [6.07, 6.45) is 1.26. The maximum atomic E-state index is 12.3. The van der Waals surface area contributed by atoms with Gasteiger partial charge < -0.3 is 15.4 Å². The first-order valence-corrected chi connectivity index (χ1v) is 8.11. The van der Waals surface area contributed by atoms with Gasteiger partial charge in [-0.15, -0.1) is 0 Å². The summed E-state index contributed by atoms with van der Waals surface area (Å²) in [4.78, 5) is 12.3. The average molecular weight is 304 g/mol. The smallest absolute Gasteiger partial charge is 0.222 e. The van der Waals surface area contributed by atoms with Crippen molar-refractivity contribution in [2.75, 3.05) is 19.7 Å². The van der Waals surface area contributed by atoms with E-state index in [1.54, 1.807) is 0 Å². The number of hydrogen-bond acceptors (Lipinski definition) is 3. The number of hydrogen-bond donors (Lipinski definition) is 2. The molecule has 2 N–H and O–H groups in total. The number of amides is 1. The van der Waals surface area contributed by atoms with E-state index < -0.39 is 0 Å². The summed E-state index contributed by atoms with van der Waals surface area (Å²) in [6.45, 7) is 8.81. The number of nitrogens with one attached hydrogen (secondary N) is 2. The maximum absolute atomic E-state index is 12.3. The monoisotopic (exact) mass is 304 g/mol. The van der Waals surface area contributed by atoms with E-state index >= 15 is 0 Å². The second kappa shape index (κ2) is 7.75. The summed E-state index contributed by atoms with van der Waals surface area (Å²) in [7, 11) is 0. The van der Waals surface area contributed by atoms with Crippen LogP contribution in [0.4, 0.5) is 0 Å². The number of ether oxygens (including phenoxy) is 1. The number of benzene rings is 1. The molecular weight excluding hydrogens is 276 g/mol. The van der Waals surface area contributed by atoms with Gasteiger partial charge in [0.1, 0.15) is 0 Å². The molecular formula is C18H28N2O2. The van der Waals surface area contributed by atoms with Crippen LogP contribution in [-0.4, -0.2) is 37.7 Å². The van der Waals surface area contributed by atoms with Crippen LogP contribution in [0.2, 0.25) is 0 Å². The number of rotatable bonds is 5. The van der Waals surface area contributed by atoms with Crippen molar-refractivity contribution in [1.82, 2.24) is 10.6 Å². The van der Waals surface area contributed by atoms with Crippen LogP contribution < -0.4 is 10.6 Å². The van der Waals surface area contributed by atoms with Crippen molar-refractivity contribution in [1.29, 1.82) is 0 Å². The van der Waals surface area contributed by atoms with E-state index in [1.165, 1.54) is 5.56 Å². The van der Waals surface area contributed by atoms with Crippen molar-refractivity contribution in [3.8, 4) is 0 Å². The first-order chi connectivity index (χ1) is 10.4. The van der Waals surface area contributed by atoms with Gasteiger partial charge in [-0.2, -0.15) is 0 Å². The molecule has 0 aromatic heterocycles. The highest BCUT2D eigenvalue weighted by molar-refractivity contribution is 5.77. The first-order valence-electron chi connectivity index (χ1n) is 8.11. The third-order valence-electron chi connectivity index (χ3n) is 4.08. The summed E-state index contributed by atoms with van der Waals surface area (Å²) in [5.74, 6) is 0.0737. The van der Waals surface area contributed by atoms with Gasteiger partial charge in [-0.25, -0.2) is 0 Å². The average Bonchev–Trinajstić information content (AvgIpc) is 2.48. The van der Waals surface area contributed by atoms with Crippen LogP contribution in [-0.2, 0) is 16.0 Å². The molecule has 0 spiro atoms. The van der Waals surface area contributed by atoms with E-state index in [0.717, 1.165) is 19.5 Å². The van der Waals surface area contributed by atoms with Crippen LogP contribution in [0.1, 0.15) is 32.8 Å². The summed E-state index contributed by atoms with van der Waals surface area (Å²) in [5.41, 5.74) is 1.26. The van der Waals surface area contributed by atoms with Crippen molar-refractivity contribution >= 4 is 5.91 Å². The molecule has 4 heteroatoms. The summed E-state index contributed by atoms with van der Waals surface area (Å²) in [6, 6.07) is 10.4. The second-order valence-electron chi connectivity index (χ2n) is 7.08. The second-order valence-corrected chi connectivity index (χ2v) is 7.08. The lowest BCUT2D eigenvalue weighted by Gasteiger charge is -2.32. The van der Waals surface area contributed by atoms with Crippen molar-refractivity contribution in [2.24, 2.45) is 5.41 Å². The van der Waals surface area contributed by atoms with Crippen LogP contribution in [0.15, 0.2) is 30.3 Å². The fourth-order valence-electron chi connectivity index (χ4n) is 2.63. The van der Waals surface area contributed by atoms with Crippen LogP contribution in [0, 0.1) is 5.41 Å². The minimum atomic E-state index is -0.00825. The van der Waals surface area contributed by atoms with Crippen molar-refractivity contribution in [2.45, 2.75) is 45.8 Å². The molecule has 0 aliphatic carbocycles. The Hall–Kier alpha value is -1.39. The molecule has 0 radical (unpaired) electrons. The molecule has 1 saturated heterocycles. The van der Waals surface area contributed by atoms with Gasteiger partial charge in [0.2, 0.25) is 5.91 Å². The lowest BCUT2D eigenvalue weighted by atomic mass is 9.83. The molecule has 22 heavy (non-hydrogen) atoms. The Morgan fingerprint density at radius 1 is 1.36 bits per heavy atom. The van der Waals surface area contributed by atoms with Gasteiger partial charge in [0.25, 0.3) is 0 Å². The van der Waals surface area contributed by atoms with Gasteiger partial charge >= 0.3 is 0 Å². The Bertz CT molecular complexity index is 462. The minimum Gasteiger partial charge on any atom is -0.375 e. The van der Waals surface area contributed by atoms with Crippen LogP contribution in [0.3, 0.4) is 0 Å². The number of carbonyl (C=O) groups is 1. The zero-order valence-electron chi connectivity index (χ0n) is 13.9. The van der Waals surface area contributed by atoms with Crippen LogP contribution in [0.5, 0.6) is 0 Å². The Kier molecular flexibility index (Phi) is 5.98. The van der Waals surface area contributed by atoms with Gasteiger partial charge in [-0.3, -0.25) is 4.79 Å². The van der Waals surface area contributed by atoms with Crippen molar-refractivity contribution < 1.29 is 9.53 Å². The largest absolute Gasteiger partial charge is 0.375 e. The topological polar surface area (TPSA) is 50.4 Å². The van der Waals surface area contributed by atoms with E-state index in [1.807, 2.05) is 18.2 Å². The molecule has 0 unspecified atom stereocenters. The van der Waals surface area contributed by atoms with Gasteiger partial charge in [0.15, 0.2) is 0 Å². The molecule has 1 aromatic rings.